The lowest BCUT2D eigenvalue weighted by Crippen LogP contribution is -2.04. The third-order valence-corrected chi connectivity index (χ3v) is 4.14. The van der Waals surface area contributed by atoms with Crippen molar-refractivity contribution in [3.05, 3.63) is 23.8 Å². The van der Waals surface area contributed by atoms with Crippen LogP contribution >= 0.6 is 11.6 Å². The Kier molecular flexibility index (Phi) is 3.39. The highest BCUT2D eigenvalue weighted by Crippen LogP contribution is 2.22. The largest absolute Gasteiger partial charge is 0.497 e. The van der Waals surface area contributed by atoms with Gasteiger partial charge in [0.1, 0.15) is 11.0 Å². The van der Waals surface area contributed by atoms with E-state index in [-0.39, 0.29) is 4.90 Å². The smallest absolute Gasteiger partial charge is 0.192 e. The van der Waals surface area contributed by atoms with Gasteiger partial charge in [0.2, 0.25) is 0 Å². The van der Waals surface area contributed by atoms with Gasteiger partial charge in [-0.15, -0.1) is 11.6 Å². The number of alkyl halides is 1. The van der Waals surface area contributed by atoms with E-state index in [4.69, 9.17) is 16.3 Å². The van der Waals surface area contributed by atoms with Gasteiger partial charge in [-0.05, 0) is 30.7 Å². The molecule has 0 radical (unpaired) electrons. The van der Waals surface area contributed by atoms with Gasteiger partial charge in [0, 0.05) is 0 Å². The second-order valence-corrected chi connectivity index (χ2v) is 5.40. The van der Waals surface area contributed by atoms with Gasteiger partial charge in [0.15, 0.2) is 9.84 Å². The molecule has 3 nitrogen and oxygen atoms in total. The second-order valence-electron chi connectivity index (χ2n) is 2.86. The van der Waals surface area contributed by atoms with Gasteiger partial charge in [-0.1, -0.05) is 0 Å². The van der Waals surface area contributed by atoms with Crippen LogP contribution in [-0.4, -0.2) is 20.7 Å². The summed E-state index contributed by atoms with van der Waals surface area (Å²) < 4.78 is 27.9. The minimum atomic E-state index is -3.34. The van der Waals surface area contributed by atoms with Crippen LogP contribution in [0.2, 0.25) is 0 Å². The number of aryl methyl sites for hydroxylation is 1. The molecule has 0 unspecified atom stereocenters. The molecule has 1 rings (SSSR count). The van der Waals surface area contributed by atoms with Crippen LogP contribution in [0, 0.1) is 6.92 Å². The summed E-state index contributed by atoms with van der Waals surface area (Å²) in [5, 5.41) is -0.403. The molecular formula is C9H11ClO3S. The van der Waals surface area contributed by atoms with Crippen LogP contribution < -0.4 is 4.74 Å². The molecule has 0 aliphatic carbocycles. The molecule has 0 aliphatic heterocycles. The molecule has 0 atom stereocenters. The number of methoxy groups -OCH3 is 1. The highest BCUT2D eigenvalue weighted by molar-refractivity contribution is 7.92. The fourth-order valence-corrected chi connectivity index (χ4v) is 2.45. The van der Waals surface area contributed by atoms with Gasteiger partial charge in [0.25, 0.3) is 0 Å². The molecular weight excluding hydrogens is 224 g/mol. The Morgan fingerprint density at radius 3 is 2.50 bits per heavy atom. The Labute approximate surface area is 88.6 Å². The lowest BCUT2D eigenvalue weighted by Gasteiger charge is -2.06. The van der Waals surface area contributed by atoms with E-state index in [0.717, 1.165) is 0 Å². The summed E-state index contributed by atoms with van der Waals surface area (Å²) in [5.41, 5.74) is 0.644. The zero-order valence-electron chi connectivity index (χ0n) is 7.95. The summed E-state index contributed by atoms with van der Waals surface area (Å²) >= 11 is 5.35. The van der Waals surface area contributed by atoms with Crippen LogP contribution in [0.3, 0.4) is 0 Å². The normalized spacial score (nSPS) is 11.4. The summed E-state index contributed by atoms with van der Waals surface area (Å²) in [6.07, 6.45) is 0. The summed E-state index contributed by atoms with van der Waals surface area (Å²) in [4.78, 5) is 0.258. The molecule has 0 spiro atoms. The number of benzene rings is 1. The molecule has 0 aliphatic rings. The average molecular weight is 235 g/mol. The van der Waals surface area contributed by atoms with Crippen molar-refractivity contribution in [2.24, 2.45) is 0 Å². The van der Waals surface area contributed by atoms with Gasteiger partial charge >= 0.3 is 0 Å². The van der Waals surface area contributed by atoms with Crippen molar-refractivity contribution in [1.82, 2.24) is 0 Å². The van der Waals surface area contributed by atoms with Crippen molar-refractivity contribution < 1.29 is 13.2 Å². The van der Waals surface area contributed by atoms with Gasteiger partial charge in [-0.2, -0.15) is 0 Å². The highest BCUT2D eigenvalue weighted by atomic mass is 35.5. The first-order chi connectivity index (χ1) is 6.51. The predicted octanol–water partition coefficient (Wildman–Crippen LogP) is 1.97. The SMILES string of the molecule is COc1ccc(S(=O)(=O)CCl)c(C)c1. The first kappa shape index (κ1) is 11.3. The fraction of sp³-hybridized carbons (Fsp3) is 0.333. The Balaban J connectivity index is 3.26. The molecule has 1 aromatic rings. The van der Waals surface area contributed by atoms with Crippen LogP contribution in [0.25, 0.3) is 0 Å². The van der Waals surface area contributed by atoms with E-state index >= 15 is 0 Å². The van der Waals surface area contributed by atoms with E-state index in [1.54, 1.807) is 19.1 Å². The molecule has 0 saturated heterocycles. The van der Waals surface area contributed by atoms with Gasteiger partial charge in [0.05, 0.1) is 12.0 Å². The number of hydrogen-bond donors (Lipinski definition) is 0. The molecule has 0 saturated carbocycles. The molecule has 78 valence electrons. The summed E-state index contributed by atoms with van der Waals surface area (Å²) in [5.74, 6) is 0.635. The van der Waals surface area contributed by atoms with Crippen LogP contribution in [0.5, 0.6) is 5.75 Å². The van der Waals surface area contributed by atoms with E-state index in [2.05, 4.69) is 0 Å². The minimum absolute atomic E-state index is 0.258. The maximum atomic E-state index is 11.4. The van der Waals surface area contributed by atoms with E-state index in [0.29, 0.717) is 11.3 Å². The first-order valence-corrected chi connectivity index (χ1v) is 6.13. The second kappa shape index (κ2) is 4.19. The number of halogens is 1. The van der Waals surface area contributed by atoms with Gasteiger partial charge in [-0.3, -0.25) is 0 Å². The fourth-order valence-electron chi connectivity index (χ4n) is 1.16. The standard InChI is InChI=1S/C9H11ClO3S/c1-7-5-8(13-2)3-4-9(7)14(11,12)6-10/h3-5H,6H2,1-2H3. The van der Waals surface area contributed by atoms with E-state index in [9.17, 15) is 8.42 Å². The van der Waals surface area contributed by atoms with Crippen molar-refractivity contribution in [1.29, 1.82) is 0 Å². The van der Waals surface area contributed by atoms with E-state index < -0.39 is 15.0 Å². The van der Waals surface area contributed by atoms with Crippen molar-refractivity contribution in [3.8, 4) is 5.75 Å². The maximum Gasteiger partial charge on any atom is 0.192 e. The minimum Gasteiger partial charge on any atom is -0.497 e. The lowest BCUT2D eigenvalue weighted by molar-refractivity contribution is 0.414. The third-order valence-electron chi connectivity index (χ3n) is 1.86. The average Bonchev–Trinajstić information content (AvgIpc) is 2.17. The van der Waals surface area contributed by atoms with Crippen molar-refractivity contribution >= 4 is 21.4 Å². The van der Waals surface area contributed by atoms with E-state index in [1.807, 2.05) is 0 Å². The van der Waals surface area contributed by atoms with Crippen LogP contribution in [0.15, 0.2) is 23.1 Å². The summed E-state index contributed by atoms with van der Waals surface area (Å²) in [6, 6.07) is 4.78. The number of ether oxygens (including phenoxy) is 1. The van der Waals surface area contributed by atoms with Crippen LogP contribution in [0.1, 0.15) is 5.56 Å². The Morgan fingerprint density at radius 2 is 2.07 bits per heavy atom. The first-order valence-electron chi connectivity index (χ1n) is 3.94. The molecule has 5 heteroatoms. The van der Waals surface area contributed by atoms with Crippen molar-refractivity contribution in [2.75, 3.05) is 12.3 Å². The number of rotatable bonds is 3. The Morgan fingerprint density at radius 1 is 1.43 bits per heavy atom. The van der Waals surface area contributed by atoms with Crippen molar-refractivity contribution in [2.45, 2.75) is 11.8 Å². The molecule has 0 aromatic heterocycles. The third kappa shape index (κ3) is 2.19. The van der Waals surface area contributed by atoms with Gasteiger partial charge < -0.3 is 4.74 Å². The Bertz CT molecular complexity index is 426. The number of hydrogen-bond acceptors (Lipinski definition) is 3. The van der Waals surface area contributed by atoms with Crippen LogP contribution in [0.4, 0.5) is 0 Å². The lowest BCUT2D eigenvalue weighted by atomic mass is 10.2. The van der Waals surface area contributed by atoms with E-state index in [1.165, 1.54) is 13.2 Å². The van der Waals surface area contributed by atoms with Gasteiger partial charge in [-0.25, -0.2) is 8.42 Å². The topological polar surface area (TPSA) is 43.4 Å². The monoisotopic (exact) mass is 234 g/mol. The van der Waals surface area contributed by atoms with Crippen molar-refractivity contribution in [3.63, 3.8) is 0 Å². The molecule has 0 bridgehead atoms. The summed E-state index contributed by atoms with van der Waals surface area (Å²) in [6.45, 7) is 1.71. The summed E-state index contributed by atoms with van der Waals surface area (Å²) in [7, 11) is -1.81. The van der Waals surface area contributed by atoms with Crippen LogP contribution in [-0.2, 0) is 9.84 Å². The zero-order valence-corrected chi connectivity index (χ0v) is 9.52. The molecule has 0 N–H and O–H groups in total. The number of sulfone groups is 1. The molecule has 14 heavy (non-hydrogen) atoms. The highest BCUT2D eigenvalue weighted by Gasteiger charge is 2.15. The molecule has 0 amide bonds. The zero-order chi connectivity index (χ0) is 10.8. The maximum absolute atomic E-state index is 11.4. The predicted molar refractivity (Wildman–Crippen MR) is 55.6 cm³/mol. The molecule has 1 aromatic carbocycles. The molecule has 0 fully saturated rings. The molecule has 0 heterocycles. The quantitative estimate of drug-likeness (QED) is 0.751. The Hall–Kier alpha value is -0.740.